The molecule has 0 saturated heterocycles. The van der Waals surface area contributed by atoms with Crippen LogP contribution in [0.3, 0.4) is 0 Å². The minimum atomic E-state index is -0.205. The first-order valence-corrected chi connectivity index (χ1v) is 6.61. The molecule has 0 bridgehead atoms. The van der Waals surface area contributed by atoms with Gasteiger partial charge in [0, 0.05) is 17.9 Å². The molecule has 1 aliphatic rings. The molecule has 0 aromatic heterocycles. The molecule has 1 saturated carbocycles. The molecule has 3 atom stereocenters. The number of carbonyl (C=O) groups excluding carboxylic acids is 1. The van der Waals surface area contributed by atoms with Gasteiger partial charge >= 0.3 is 0 Å². The molecule has 0 aliphatic heterocycles. The van der Waals surface area contributed by atoms with E-state index in [0.29, 0.717) is 24.0 Å². The SMILES string of the molecule is CC1CCC(C(=O)CCC(C)(C)N)CC1C. The summed E-state index contributed by atoms with van der Waals surface area (Å²) in [4.78, 5) is 12.0. The maximum atomic E-state index is 12.0. The van der Waals surface area contributed by atoms with Crippen molar-refractivity contribution in [3.8, 4) is 0 Å². The molecular formula is C14H27NO. The first-order valence-electron chi connectivity index (χ1n) is 6.61. The van der Waals surface area contributed by atoms with Crippen LogP contribution in [0.4, 0.5) is 0 Å². The van der Waals surface area contributed by atoms with Gasteiger partial charge in [0.25, 0.3) is 0 Å². The fourth-order valence-corrected chi connectivity index (χ4v) is 2.49. The van der Waals surface area contributed by atoms with Gasteiger partial charge in [0.15, 0.2) is 0 Å². The van der Waals surface area contributed by atoms with Crippen molar-refractivity contribution in [2.75, 3.05) is 0 Å². The van der Waals surface area contributed by atoms with Gasteiger partial charge in [0.1, 0.15) is 5.78 Å². The van der Waals surface area contributed by atoms with E-state index in [9.17, 15) is 4.79 Å². The van der Waals surface area contributed by atoms with E-state index >= 15 is 0 Å². The molecule has 0 spiro atoms. The van der Waals surface area contributed by atoms with Crippen molar-refractivity contribution in [3.05, 3.63) is 0 Å². The molecule has 16 heavy (non-hydrogen) atoms. The van der Waals surface area contributed by atoms with Crippen molar-refractivity contribution >= 4 is 5.78 Å². The highest BCUT2D eigenvalue weighted by molar-refractivity contribution is 5.81. The molecule has 0 aromatic rings. The zero-order valence-electron chi connectivity index (χ0n) is 11.3. The summed E-state index contributed by atoms with van der Waals surface area (Å²) < 4.78 is 0. The third kappa shape index (κ3) is 4.25. The fraction of sp³-hybridized carbons (Fsp3) is 0.929. The maximum Gasteiger partial charge on any atom is 0.136 e. The van der Waals surface area contributed by atoms with Gasteiger partial charge in [-0.25, -0.2) is 0 Å². The number of Topliss-reactive ketones (excluding diaryl/α,β-unsaturated/α-hetero) is 1. The lowest BCUT2D eigenvalue weighted by Gasteiger charge is -2.31. The van der Waals surface area contributed by atoms with Gasteiger partial charge < -0.3 is 5.73 Å². The van der Waals surface area contributed by atoms with Gasteiger partial charge in [0.05, 0.1) is 0 Å². The predicted octanol–water partition coefficient (Wildman–Crippen LogP) is 3.15. The van der Waals surface area contributed by atoms with Crippen molar-refractivity contribution < 1.29 is 4.79 Å². The molecule has 0 heterocycles. The van der Waals surface area contributed by atoms with Crippen molar-refractivity contribution in [2.24, 2.45) is 23.5 Å². The topological polar surface area (TPSA) is 43.1 Å². The normalized spacial score (nSPS) is 31.4. The van der Waals surface area contributed by atoms with Gasteiger partial charge in [-0.05, 0) is 51.4 Å². The minimum absolute atomic E-state index is 0.205. The Balaban J connectivity index is 2.38. The van der Waals surface area contributed by atoms with Crippen LogP contribution >= 0.6 is 0 Å². The van der Waals surface area contributed by atoms with Crippen LogP contribution in [-0.2, 0) is 4.79 Å². The highest BCUT2D eigenvalue weighted by Gasteiger charge is 2.29. The molecule has 3 unspecified atom stereocenters. The second-order valence-electron chi connectivity index (χ2n) is 6.42. The largest absolute Gasteiger partial charge is 0.326 e. The zero-order chi connectivity index (χ0) is 12.3. The van der Waals surface area contributed by atoms with Crippen LogP contribution in [0, 0.1) is 17.8 Å². The minimum Gasteiger partial charge on any atom is -0.326 e. The lowest BCUT2D eigenvalue weighted by molar-refractivity contribution is -0.125. The molecule has 94 valence electrons. The van der Waals surface area contributed by atoms with Crippen LogP contribution in [0.15, 0.2) is 0 Å². The maximum absolute atomic E-state index is 12.0. The lowest BCUT2D eigenvalue weighted by atomic mass is 9.73. The van der Waals surface area contributed by atoms with E-state index in [1.807, 2.05) is 13.8 Å². The van der Waals surface area contributed by atoms with Gasteiger partial charge in [-0.1, -0.05) is 13.8 Å². The van der Waals surface area contributed by atoms with Crippen LogP contribution in [0.2, 0.25) is 0 Å². The molecule has 0 radical (unpaired) electrons. The Kier molecular flexibility index (Phi) is 4.54. The number of carbonyl (C=O) groups is 1. The summed E-state index contributed by atoms with van der Waals surface area (Å²) >= 11 is 0. The van der Waals surface area contributed by atoms with Gasteiger partial charge in [-0.15, -0.1) is 0 Å². The van der Waals surface area contributed by atoms with Crippen LogP contribution < -0.4 is 5.73 Å². The van der Waals surface area contributed by atoms with Crippen molar-refractivity contribution in [2.45, 2.75) is 65.3 Å². The number of hydrogen-bond acceptors (Lipinski definition) is 2. The predicted molar refractivity (Wildman–Crippen MR) is 68.2 cm³/mol. The number of rotatable bonds is 4. The van der Waals surface area contributed by atoms with E-state index < -0.39 is 0 Å². The summed E-state index contributed by atoms with van der Waals surface area (Å²) in [6, 6.07) is 0. The standard InChI is InChI=1S/C14H27NO/c1-10-5-6-12(9-11(10)2)13(16)7-8-14(3,4)15/h10-12H,5-9,15H2,1-4H3. The summed E-state index contributed by atoms with van der Waals surface area (Å²) in [6.07, 6.45) is 4.87. The summed E-state index contributed by atoms with van der Waals surface area (Å²) in [7, 11) is 0. The van der Waals surface area contributed by atoms with Gasteiger partial charge in [0.2, 0.25) is 0 Å². The number of nitrogens with two attached hydrogens (primary N) is 1. The Morgan fingerprint density at radius 1 is 1.25 bits per heavy atom. The Labute approximate surface area is 100.0 Å². The van der Waals surface area contributed by atoms with E-state index in [1.165, 1.54) is 6.42 Å². The molecule has 2 heteroatoms. The molecule has 0 aromatic carbocycles. The Hall–Kier alpha value is -0.370. The molecule has 2 nitrogen and oxygen atoms in total. The monoisotopic (exact) mass is 225 g/mol. The summed E-state index contributed by atoms with van der Waals surface area (Å²) in [5, 5.41) is 0. The average Bonchev–Trinajstić information content (AvgIpc) is 2.17. The second kappa shape index (κ2) is 5.31. The Bertz CT molecular complexity index is 242. The van der Waals surface area contributed by atoms with E-state index in [1.54, 1.807) is 0 Å². The van der Waals surface area contributed by atoms with Crippen LogP contribution in [0.5, 0.6) is 0 Å². The summed E-state index contributed by atoms with van der Waals surface area (Å²) in [5.41, 5.74) is 5.71. The molecule has 1 fully saturated rings. The van der Waals surface area contributed by atoms with E-state index in [2.05, 4.69) is 13.8 Å². The average molecular weight is 225 g/mol. The number of ketones is 1. The van der Waals surface area contributed by atoms with E-state index in [0.717, 1.165) is 25.2 Å². The van der Waals surface area contributed by atoms with Crippen LogP contribution in [0.25, 0.3) is 0 Å². The molecule has 2 N–H and O–H groups in total. The van der Waals surface area contributed by atoms with E-state index in [4.69, 9.17) is 5.73 Å². The zero-order valence-corrected chi connectivity index (χ0v) is 11.3. The van der Waals surface area contributed by atoms with Crippen LogP contribution in [-0.4, -0.2) is 11.3 Å². The molecule has 1 rings (SSSR count). The van der Waals surface area contributed by atoms with Crippen molar-refractivity contribution in [1.29, 1.82) is 0 Å². The smallest absolute Gasteiger partial charge is 0.136 e. The quantitative estimate of drug-likeness (QED) is 0.798. The van der Waals surface area contributed by atoms with Crippen molar-refractivity contribution in [3.63, 3.8) is 0 Å². The van der Waals surface area contributed by atoms with Gasteiger partial charge in [-0.2, -0.15) is 0 Å². The summed E-state index contributed by atoms with van der Waals surface area (Å²) in [6.45, 7) is 8.56. The molecule has 0 amide bonds. The lowest BCUT2D eigenvalue weighted by Crippen LogP contribution is -2.34. The molecule has 1 aliphatic carbocycles. The Morgan fingerprint density at radius 2 is 1.88 bits per heavy atom. The molecular weight excluding hydrogens is 198 g/mol. The Morgan fingerprint density at radius 3 is 2.38 bits per heavy atom. The second-order valence-corrected chi connectivity index (χ2v) is 6.42. The summed E-state index contributed by atoms with van der Waals surface area (Å²) in [5.74, 6) is 2.24. The van der Waals surface area contributed by atoms with Crippen LogP contribution in [0.1, 0.15) is 59.8 Å². The highest BCUT2D eigenvalue weighted by Crippen LogP contribution is 2.34. The van der Waals surface area contributed by atoms with E-state index in [-0.39, 0.29) is 5.54 Å². The third-order valence-corrected chi connectivity index (χ3v) is 4.07. The first-order chi connectivity index (χ1) is 7.29. The highest BCUT2D eigenvalue weighted by atomic mass is 16.1. The number of hydrogen-bond donors (Lipinski definition) is 1. The first kappa shape index (κ1) is 13.7. The third-order valence-electron chi connectivity index (χ3n) is 4.07. The fourth-order valence-electron chi connectivity index (χ4n) is 2.49. The van der Waals surface area contributed by atoms with Crippen molar-refractivity contribution in [1.82, 2.24) is 0 Å². The van der Waals surface area contributed by atoms with Gasteiger partial charge in [-0.3, -0.25) is 4.79 Å².